The number of benzene rings is 1. The van der Waals surface area contributed by atoms with E-state index < -0.39 is 0 Å². The van der Waals surface area contributed by atoms with E-state index in [1.54, 1.807) is 0 Å². The summed E-state index contributed by atoms with van der Waals surface area (Å²) in [5.74, 6) is 0. The van der Waals surface area contributed by atoms with Crippen molar-refractivity contribution in [3.8, 4) is 0 Å². The van der Waals surface area contributed by atoms with Gasteiger partial charge in [-0.2, -0.15) is 0 Å². The Balaban J connectivity index is 2.01. The van der Waals surface area contributed by atoms with E-state index in [0.29, 0.717) is 6.04 Å². The monoisotopic (exact) mass is 261 g/mol. The fourth-order valence-electron chi connectivity index (χ4n) is 3.00. The number of hydrogen-bond acceptors (Lipinski definition) is 2. The van der Waals surface area contributed by atoms with E-state index in [1.165, 1.54) is 24.0 Å². The molecule has 0 aliphatic heterocycles. The third-order valence-corrected chi connectivity index (χ3v) is 4.34. The molecule has 1 saturated carbocycles. The fourth-order valence-corrected chi connectivity index (χ4v) is 3.00. The third kappa shape index (κ3) is 3.80. The zero-order valence-electron chi connectivity index (χ0n) is 12.2. The van der Waals surface area contributed by atoms with Crippen molar-refractivity contribution in [2.45, 2.75) is 70.6 Å². The van der Waals surface area contributed by atoms with Crippen LogP contribution in [0.1, 0.15) is 63.1 Å². The van der Waals surface area contributed by atoms with Crippen molar-refractivity contribution in [3.05, 3.63) is 35.4 Å². The van der Waals surface area contributed by atoms with E-state index in [2.05, 4.69) is 43.4 Å². The average Bonchev–Trinajstić information content (AvgIpc) is 2.47. The van der Waals surface area contributed by atoms with E-state index in [4.69, 9.17) is 0 Å². The molecule has 2 rings (SSSR count). The molecule has 0 saturated heterocycles. The van der Waals surface area contributed by atoms with Gasteiger partial charge in [0.1, 0.15) is 0 Å². The highest BCUT2D eigenvalue weighted by Crippen LogP contribution is 2.24. The molecule has 0 heterocycles. The largest absolute Gasteiger partial charge is 0.392 e. The fraction of sp³-hybridized carbons (Fsp3) is 0.647. The molecule has 19 heavy (non-hydrogen) atoms. The topological polar surface area (TPSA) is 32.3 Å². The van der Waals surface area contributed by atoms with Crippen molar-refractivity contribution in [2.24, 2.45) is 0 Å². The highest BCUT2D eigenvalue weighted by Gasteiger charge is 2.25. The van der Waals surface area contributed by atoms with Gasteiger partial charge in [-0.3, -0.25) is 0 Å². The number of aryl methyl sites for hydroxylation is 1. The minimum absolute atomic E-state index is 0.169. The van der Waals surface area contributed by atoms with Gasteiger partial charge < -0.3 is 10.4 Å². The van der Waals surface area contributed by atoms with Gasteiger partial charge in [0, 0.05) is 12.1 Å². The van der Waals surface area contributed by atoms with Crippen LogP contribution < -0.4 is 5.32 Å². The quantitative estimate of drug-likeness (QED) is 0.849. The summed E-state index contributed by atoms with van der Waals surface area (Å²) in [6.07, 6.45) is 6.44. The summed E-state index contributed by atoms with van der Waals surface area (Å²) in [7, 11) is 0. The lowest BCUT2D eigenvalue weighted by molar-refractivity contribution is 0.0844. The Labute approximate surface area is 117 Å². The van der Waals surface area contributed by atoms with Crippen molar-refractivity contribution in [1.29, 1.82) is 0 Å². The van der Waals surface area contributed by atoms with E-state index in [-0.39, 0.29) is 12.1 Å². The molecule has 0 bridgehead atoms. The SMILES string of the molecule is CCc1ccc(C(CC)NC2CCCCC2O)cc1. The number of rotatable bonds is 5. The van der Waals surface area contributed by atoms with Crippen LogP contribution in [0.3, 0.4) is 0 Å². The average molecular weight is 261 g/mol. The van der Waals surface area contributed by atoms with E-state index in [0.717, 1.165) is 25.7 Å². The van der Waals surface area contributed by atoms with E-state index in [9.17, 15) is 5.11 Å². The summed E-state index contributed by atoms with van der Waals surface area (Å²) in [5, 5.41) is 13.7. The van der Waals surface area contributed by atoms with Crippen molar-refractivity contribution in [3.63, 3.8) is 0 Å². The molecule has 0 spiro atoms. The summed E-state index contributed by atoms with van der Waals surface area (Å²) in [6, 6.07) is 9.53. The molecule has 3 unspecified atom stereocenters. The Morgan fingerprint density at radius 1 is 1.16 bits per heavy atom. The van der Waals surface area contributed by atoms with Gasteiger partial charge in [-0.05, 0) is 36.8 Å². The Bertz CT molecular complexity index is 373. The molecular weight excluding hydrogens is 234 g/mol. The molecule has 1 aliphatic rings. The predicted molar refractivity (Wildman–Crippen MR) is 80.3 cm³/mol. The van der Waals surface area contributed by atoms with Gasteiger partial charge in [-0.25, -0.2) is 0 Å². The van der Waals surface area contributed by atoms with Crippen LogP contribution in [0.15, 0.2) is 24.3 Å². The number of nitrogens with one attached hydrogen (secondary N) is 1. The van der Waals surface area contributed by atoms with Crippen molar-refractivity contribution >= 4 is 0 Å². The maximum atomic E-state index is 10.1. The van der Waals surface area contributed by atoms with Crippen molar-refractivity contribution in [2.75, 3.05) is 0 Å². The smallest absolute Gasteiger partial charge is 0.0693 e. The number of aliphatic hydroxyl groups excluding tert-OH is 1. The molecule has 1 aromatic carbocycles. The van der Waals surface area contributed by atoms with Crippen LogP contribution in [0.5, 0.6) is 0 Å². The molecule has 0 aromatic heterocycles. The highest BCUT2D eigenvalue weighted by molar-refractivity contribution is 5.25. The summed E-state index contributed by atoms with van der Waals surface area (Å²) in [4.78, 5) is 0. The molecule has 3 atom stereocenters. The molecule has 2 nitrogen and oxygen atoms in total. The predicted octanol–water partition coefficient (Wildman–Crippen LogP) is 3.59. The number of aliphatic hydroxyl groups is 1. The molecular formula is C17H27NO. The van der Waals surface area contributed by atoms with Crippen LogP contribution >= 0.6 is 0 Å². The lowest BCUT2D eigenvalue weighted by Crippen LogP contribution is -2.43. The molecule has 0 radical (unpaired) electrons. The van der Waals surface area contributed by atoms with Gasteiger partial charge in [0.05, 0.1) is 6.10 Å². The molecule has 1 aromatic rings. The van der Waals surface area contributed by atoms with Crippen molar-refractivity contribution < 1.29 is 5.11 Å². The second kappa shape index (κ2) is 7.06. The summed E-state index contributed by atoms with van der Waals surface area (Å²) in [6.45, 7) is 4.39. The Hall–Kier alpha value is -0.860. The normalized spacial score (nSPS) is 25.2. The van der Waals surface area contributed by atoms with Crippen LogP contribution in [0.25, 0.3) is 0 Å². The van der Waals surface area contributed by atoms with Crippen molar-refractivity contribution in [1.82, 2.24) is 5.32 Å². The molecule has 2 heteroatoms. The Kier molecular flexibility index (Phi) is 5.41. The second-order valence-corrected chi connectivity index (χ2v) is 5.68. The van der Waals surface area contributed by atoms with Crippen LogP contribution in [0, 0.1) is 0 Å². The van der Waals surface area contributed by atoms with Gasteiger partial charge in [-0.1, -0.05) is 51.0 Å². The van der Waals surface area contributed by atoms with E-state index in [1.807, 2.05) is 0 Å². The van der Waals surface area contributed by atoms with Gasteiger partial charge in [-0.15, -0.1) is 0 Å². The van der Waals surface area contributed by atoms with E-state index >= 15 is 0 Å². The lowest BCUT2D eigenvalue weighted by Gasteiger charge is -2.32. The number of hydrogen-bond donors (Lipinski definition) is 2. The maximum Gasteiger partial charge on any atom is 0.0693 e. The van der Waals surface area contributed by atoms with Crippen LogP contribution in [-0.4, -0.2) is 17.3 Å². The van der Waals surface area contributed by atoms with Crippen LogP contribution in [-0.2, 0) is 6.42 Å². The standard InChI is InChI=1S/C17H27NO/c1-3-13-9-11-14(12-10-13)15(4-2)18-16-7-5-6-8-17(16)19/h9-12,15-19H,3-8H2,1-2H3. The summed E-state index contributed by atoms with van der Waals surface area (Å²) >= 11 is 0. The minimum atomic E-state index is -0.169. The van der Waals surface area contributed by atoms with Gasteiger partial charge in [0.2, 0.25) is 0 Å². The Morgan fingerprint density at radius 2 is 1.84 bits per heavy atom. The highest BCUT2D eigenvalue weighted by atomic mass is 16.3. The summed E-state index contributed by atoms with van der Waals surface area (Å²) < 4.78 is 0. The zero-order valence-corrected chi connectivity index (χ0v) is 12.2. The molecule has 2 N–H and O–H groups in total. The van der Waals surface area contributed by atoms with Crippen LogP contribution in [0.2, 0.25) is 0 Å². The first-order valence-electron chi connectivity index (χ1n) is 7.77. The van der Waals surface area contributed by atoms with Gasteiger partial charge >= 0.3 is 0 Å². The summed E-state index contributed by atoms with van der Waals surface area (Å²) in [5.41, 5.74) is 2.73. The molecule has 106 valence electrons. The van der Waals surface area contributed by atoms with Gasteiger partial charge in [0.25, 0.3) is 0 Å². The first kappa shape index (κ1) is 14.5. The second-order valence-electron chi connectivity index (χ2n) is 5.68. The minimum Gasteiger partial charge on any atom is -0.392 e. The van der Waals surface area contributed by atoms with Gasteiger partial charge in [0.15, 0.2) is 0 Å². The first-order chi connectivity index (χ1) is 9.24. The first-order valence-corrected chi connectivity index (χ1v) is 7.77. The Morgan fingerprint density at radius 3 is 2.42 bits per heavy atom. The molecule has 1 fully saturated rings. The third-order valence-electron chi connectivity index (χ3n) is 4.34. The molecule has 0 amide bonds. The maximum absolute atomic E-state index is 10.1. The zero-order chi connectivity index (χ0) is 13.7. The lowest BCUT2D eigenvalue weighted by atomic mass is 9.91. The van der Waals surface area contributed by atoms with Crippen LogP contribution in [0.4, 0.5) is 0 Å². The molecule has 1 aliphatic carbocycles.